The van der Waals surface area contributed by atoms with Gasteiger partial charge in [-0.15, -0.1) is 0 Å². The number of rotatable bonds is 34. The lowest BCUT2D eigenvalue weighted by Gasteiger charge is -2.15. The highest BCUT2D eigenvalue weighted by atomic mass is 16.6. The Bertz CT molecular complexity index is 918. The van der Waals surface area contributed by atoms with Crippen LogP contribution >= 0.6 is 0 Å². The van der Waals surface area contributed by atoms with Gasteiger partial charge in [-0.3, -0.25) is 4.79 Å². The first kappa shape index (κ1) is 45.3. The number of carbonyl (C=O) groups excluding carboxylic acids is 1. The summed E-state index contributed by atoms with van der Waals surface area (Å²) in [6, 6.07) is 0. The van der Waals surface area contributed by atoms with E-state index in [2.05, 4.69) is 111 Å². The van der Waals surface area contributed by atoms with Crippen molar-refractivity contribution in [3.8, 4) is 0 Å². The van der Waals surface area contributed by atoms with E-state index in [4.69, 9.17) is 9.47 Å². The van der Waals surface area contributed by atoms with Gasteiger partial charge in [0.05, 0.1) is 13.2 Å². The number of aliphatic hydroxyl groups excluding tert-OH is 1. The molecule has 0 spiro atoms. The van der Waals surface area contributed by atoms with Crippen LogP contribution in [0.2, 0.25) is 0 Å². The fraction of sp³-hybridized carbons (Fsp3) is 0.614. The zero-order valence-corrected chi connectivity index (χ0v) is 31.0. The zero-order chi connectivity index (χ0) is 34.9. The summed E-state index contributed by atoms with van der Waals surface area (Å²) in [4.78, 5) is 12.2. The number of ether oxygens (including phenoxy) is 2. The van der Waals surface area contributed by atoms with Crippen molar-refractivity contribution in [3.63, 3.8) is 0 Å². The maximum Gasteiger partial charge on any atom is 0.306 e. The minimum atomic E-state index is -0.569. The minimum absolute atomic E-state index is 0.201. The van der Waals surface area contributed by atoms with Gasteiger partial charge < -0.3 is 14.6 Å². The van der Waals surface area contributed by atoms with Crippen LogP contribution in [0.1, 0.15) is 149 Å². The summed E-state index contributed by atoms with van der Waals surface area (Å²) in [6.07, 6.45) is 57.3. The maximum atomic E-state index is 12.2. The van der Waals surface area contributed by atoms with E-state index in [1.165, 1.54) is 51.4 Å². The van der Waals surface area contributed by atoms with Crippen molar-refractivity contribution in [1.82, 2.24) is 0 Å². The molecule has 0 heterocycles. The molecule has 0 saturated heterocycles. The van der Waals surface area contributed by atoms with E-state index < -0.39 is 6.10 Å². The van der Waals surface area contributed by atoms with Crippen LogP contribution in [0.5, 0.6) is 0 Å². The fourth-order valence-electron chi connectivity index (χ4n) is 4.76. The van der Waals surface area contributed by atoms with Crippen LogP contribution in [0.25, 0.3) is 0 Å². The summed E-state index contributed by atoms with van der Waals surface area (Å²) >= 11 is 0. The van der Waals surface area contributed by atoms with Crippen molar-refractivity contribution >= 4 is 5.97 Å². The van der Waals surface area contributed by atoms with Gasteiger partial charge in [-0.05, 0) is 89.9 Å². The third-order valence-electron chi connectivity index (χ3n) is 7.64. The van der Waals surface area contributed by atoms with E-state index in [-0.39, 0.29) is 19.2 Å². The van der Waals surface area contributed by atoms with Gasteiger partial charge in [-0.2, -0.15) is 0 Å². The van der Waals surface area contributed by atoms with Gasteiger partial charge in [0.25, 0.3) is 0 Å². The normalized spacial score (nSPS) is 13.5. The molecule has 1 N–H and O–H groups in total. The molecule has 272 valence electrons. The van der Waals surface area contributed by atoms with Crippen molar-refractivity contribution in [2.24, 2.45) is 0 Å². The van der Waals surface area contributed by atoms with Gasteiger partial charge in [-0.25, -0.2) is 0 Å². The molecule has 0 radical (unpaired) electrons. The SMILES string of the molecule is CC/C=C\C/C=C\C/C=C\C/C=C\C/C=C\C/C=C\CCCCC(=O)OC(CO)COCCCCCCCC/C=C\C/C=C\CCCC. The maximum absolute atomic E-state index is 12.2. The Morgan fingerprint density at radius 3 is 1.42 bits per heavy atom. The Kier molecular flexibility index (Phi) is 38.2. The number of allylic oxidation sites excluding steroid dienone is 16. The molecule has 0 aliphatic carbocycles. The van der Waals surface area contributed by atoms with Gasteiger partial charge >= 0.3 is 5.97 Å². The number of aliphatic hydroxyl groups is 1. The first-order chi connectivity index (χ1) is 23.7. The Morgan fingerprint density at radius 2 is 0.938 bits per heavy atom. The van der Waals surface area contributed by atoms with Crippen LogP contribution in [0.4, 0.5) is 0 Å². The van der Waals surface area contributed by atoms with Crippen LogP contribution < -0.4 is 0 Å². The molecule has 0 aliphatic rings. The van der Waals surface area contributed by atoms with Gasteiger partial charge in [0.1, 0.15) is 6.10 Å². The van der Waals surface area contributed by atoms with Crippen LogP contribution in [0.15, 0.2) is 97.2 Å². The van der Waals surface area contributed by atoms with Crippen molar-refractivity contribution in [3.05, 3.63) is 97.2 Å². The number of esters is 1. The van der Waals surface area contributed by atoms with Crippen molar-refractivity contribution in [1.29, 1.82) is 0 Å². The largest absolute Gasteiger partial charge is 0.457 e. The molecule has 0 aromatic heterocycles. The van der Waals surface area contributed by atoms with Gasteiger partial charge in [0, 0.05) is 13.0 Å². The molecule has 1 unspecified atom stereocenters. The summed E-state index contributed by atoms with van der Waals surface area (Å²) in [7, 11) is 0. The zero-order valence-electron chi connectivity index (χ0n) is 31.0. The second kappa shape index (κ2) is 40.5. The number of unbranched alkanes of at least 4 members (excludes halogenated alkanes) is 10. The number of hydrogen-bond donors (Lipinski definition) is 1. The lowest BCUT2D eigenvalue weighted by molar-refractivity contribution is -0.154. The summed E-state index contributed by atoms with van der Waals surface area (Å²) < 4.78 is 11.1. The standard InChI is InChI=1S/C44H72O4/c1-3-5-7-9-11-13-15-17-19-20-21-22-23-24-25-27-29-31-33-35-37-39-44(46)48-43(41-45)42-47-40-38-36-34-32-30-28-26-18-16-14-12-10-8-6-4-2/h5,7,10-13,16-19,21-22,24-25,29,31,43,45H,3-4,6,8-9,14-15,20,23,26-28,30,32-42H2,1-2H3/b7-5-,12-10-,13-11-,18-16-,19-17-,22-21-,25-24-,31-29-. The van der Waals surface area contributed by atoms with E-state index in [0.717, 1.165) is 77.0 Å². The van der Waals surface area contributed by atoms with Crippen molar-refractivity contribution < 1.29 is 19.4 Å². The molecule has 0 aromatic carbocycles. The lowest BCUT2D eigenvalue weighted by Crippen LogP contribution is -2.27. The second-order valence-corrected chi connectivity index (χ2v) is 12.3. The van der Waals surface area contributed by atoms with Crippen molar-refractivity contribution in [2.75, 3.05) is 19.8 Å². The van der Waals surface area contributed by atoms with E-state index in [9.17, 15) is 9.90 Å². The molecule has 0 fully saturated rings. The van der Waals surface area contributed by atoms with E-state index in [1.54, 1.807) is 0 Å². The molecule has 1 atom stereocenters. The summed E-state index contributed by atoms with van der Waals surface area (Å²) in [5.74, 6) is -0.251. The third kappa shape index (κ3) is 37.8. The highest BCUT2D eigenvalue weighted by Crippen LogP contribution is 2.09. The molecule has 0 amide bonds. The predicted octanol–water partition coefficient (Wildman–Crippen LogP) is 12.6. The van der Waals surface area contributed by atoms with Crippen LogP contribution in [0.3, 0.4) is 0 Å². The smallest absolute Gasteiger partial charge is 0.306 e. The highest BCUT2D eigenvalue weighted by Gasteiger charge is 2.13. The first-order valence-electron chi connectivity index (χ1n) is 19.3. The lowest BCUT2D eigenvalue weighted by atomic mass is 10.1. The molecule has 0 saturated carbocycles. The topological polar surface area (TPSA) is 55.8 Å². The third-order valence-corrected chi connectivity index (χ3v) is 7.64. The van der Waals surface area contributed by atoms with Crippen LogP contribution in [-0.2, 0) is 14.3 Å². The molecular weight excluding hydrogens is 592 g/mol. The van der Waals surface area contributed by atoms with Gasteiger partial charge in [-0.1, -0.05) is 150 Å². The minimum Gasteiger partial charge on any atom is -0.457 e. The summed E-state index contributed by atoms with van der Waals surface area (Å²) in [6.45, 7) is 5.10. The van der Waals surface area contributed by atoms with E-state index >= 15 is 0 Å². The number of hydrogen-bond acceptors (Lipinski definition) is 4. The molecule has 4 heteroatoms. The summed E-state index contributed by atoms with van der Waals surface area (Å²) in [5.41, 5.74) is 0. The number of carbonyl (C=O) groups is 1. The fourth-order valence-corrected chi connectivity index (χ4v) is 4.76. The predicted molar refractivity (Wildman–Crippen MR) is 209 cm³/mol. The first-order valence-corrected chi connectivity index (χ1v) is 19.3. The molecule has 0 aliphatic heterocycles. The van der Waals surface area contributed by atoms with E-state index in [1.807, 2.05) is 0 Å². The van der Waals surface area contributed by atoms with Gasteiger partial charge in [0.2, 0.25) is 0 Å². The Labute approximate surface area is 296 Å². The summed E-state index contributed by atoms with van der Waals surface area (Å²) in [5, 5.41) is 9.57. The Balaban J connectivity index is 3.62. The van der Waals surface area contributed by atoms with Gasteiger partial charge in [0.15, 0.2) is 0 Å². The molecular formula is C44H72O4. The van der Waals surface area contributed by atoms with Crippen molar-refractivity contribution in [2.45, 2.75) is 155 Å². The molecule has 0 rings (SSSR count). The Morgan fingerprint density at radius 1 is 0.521 bits per heavy atom. The second-order valence-electron chi connectivity index (χ2n) is 12.3. The van der Waals surface area contributed by atoms with Crippen LogP contribution in [-0.4, -0.2) is 37.0 Å². The van der Waals surface area contributed by atoms with Crippen LogP contribution in [0, 0.1) is 0 Å². The average Bonchev–Trinajstić information content (AvgIpc) is 3.09. The average molecular weight is 665 g/mol. The molecule has 0 aromatic rings. The molecule has 4 nitrogen and oxygen atoms in total. The Hall–Kier alpha value is -2.69. The van der Waals surface area contributed by atoms with E-state index in [0.29, 0.717) is 13.0 Å². The quantitative estimate of drug-likeness (QED) is 0.0422. The monoisotopic (exact) mass is 665 g/mol. The molecule has 48 heavy (non-hydrogen) atoms. The molecule has 0 bridgehead atoms. The highest BCUT2D eigenvalue weighted by molar-refractivity contribution is 5.69.